The number of piperidine rings is 1. The zero-order chi connectivity index (χ0) is 16.4. The van der Waals surface area contributed by atoms with Gasteiger partial charge in [-0.25, -0.2) is 0 Å². The molecule has 0 radical (unpaired) electrons. The Bertz CT molecular complexity index is 683. The lowest BCUT2D eigenvalue weighted by atomic mass is 9.86. The van der Waals surface area contributed by atoms with Crippen LogP contribution in [0.4, 0.5) is 0 Å². The SMILES string of the molecule is O=C(CCc1nc(-c2ccsc2)no1)N1CCCC2COCCC21. The van der Waals surface area contributed by atoms with E-state index in [1.54, 1.807) is 11.3 Å². The van der Waals surface area contributed by atoms with Gasteiger partial charge in [-0.05, 0) is 30.7 Å². The van der Waals surface area contributed by atoms with Gasteiger partial charge < -0.3 is 14.2 Å². The summed E-state index contributed by atoms with van der Waals surface area (Å²) < 4.78 is 10.8. The predicted molar refractivity (Wildman–Crippen MR) is 89.6 cm³/mol. The van der Waals surface area contributed by atoms with Crippen molar-refractivity contribution in [3.63, 3.8) is 0 Å². The number of carbonyl (C=O) groups is 1. The van der Waals surface area contributed by atoms with Crippen molar-refractivity contribution in [2.45, 2.75) is 38.1 Å². The van der Waals surface area contributed by atoms with Crippen LogP contribution in [0.3, 0.4) is 0 Å². The number of nitrogens with zero attached hydrogens (tertiary/aromatic N) is 3. The van der Waals surface area contributed by atoms with E-state index < -0.39 is 0 Å². The van der Waals surface area contributed by atoms with E-state index in [1.165, 1.54) is 6.42 Å². The first-order chi connectivity index (χ1) is 11.8. The molecule has 4 heterocycles. The normalized spacial score (nSPS) is 23.9. The summed E-state index contributed by atoms with van der Waals surface area (Å²) in [5.41, 5.74) is 0.961. The van der Waals surface area contributed by atoms with Gasteiger partial charge in [-0.1, -0.05) is 5.16 Å². The van der Waals surface area contributed by atoms with E-state index in [-0.39, 0.29) is 5.91 Å². The summed E-state index contributed by atoms with van der Waals surface area (Å²) in [5.74, 6) is 1.83. The highest BCUT2D eigenvalue weighted by Crippen LogP contribution is 2.30. The lowest BCUT2D eigenvalue weighted by Gasteiger charge is -2.43. The Balaban J connectivity index is 1.36. The van der Waals surface area contributed by atoms with Crippen LogP contribution >= 0.6 is 11.3 Å². The fourth-order valence-electron chi connectivity index (χ4n) is 3.69. The van der Waals surface area contributed by atoms with Crippen molar-refractivity contribution >= 4 is 17.2 Å². The second kappa shape index (κ2) is 7.03. The highest BCUT2D eigenvalue weighted by Gasteiger charge is 2.36. The topological polar surface area (TPSA) is 68.5 Å². The fraction of sp³-hybridized carbons (Fsp3) is 0.588. The van der Waals surface area contributed by atoms with Crippen LogP contribution in [0.5, 0.6) is 0 Å². The molecular formula is C17H21N3O3S. The summed E-state index contributed by atoms with van der Waals surface area (Å²) >= 11 is 1.60. The first-order valence-electron chi connectivity index (χ1n) is 8.53. The predicted octanol–water partition coefficient (Wildman–Crippen LogP) is 2.76. The molecule has 0 aliphatic carbocycles. The Kier molecular flexibility index (Phi) is 4.62. The number of aryl methyl sites for hydroxylation is 1. The largest absolute Gasteiger partial charge is 0.381 e. The summed E-state index contributed by atoms with van der Waals surface area (Å²) in [6, 6.07) is 2.31. The lowest BCUT2D eigenvalue weighted by molar-refractivity contribution is -0.140. The highest BCUT2D eigenvalue weighted by atomic mass is 32.1. The van der Waals surface area contributed by atoms with Gasteiger partial charge in [0.2, 0.25) is 17.6 Å². The molecule has 0 N–H and O–H groups in total. The number of amides is 1. The van der Waals surface area contributed by atoms with Crippen molar-refractivity contribution in [2.24, 2.45) is 5.92 Å². The van der Waals surface area contributed by atoms with Gasteiger partial charge in [0, 0.05) is 48.9 Å². The van der Waals surface area contributed by atoms with Gasteiger partial charge in [-0.15, -0.1) is 0 Å². The third-order valence-electron chi connectivity index (χ3n) is 4.93. The van der Waals surface area contributed by atoms with E-state index in [9.17, 15) is 4.79 Å². The van der Waals surface area contributed by atoms with Crippen LogP contribution in [-0.2, 0) is 16.0 Å². The maximum absolute atomic E-state index is 12.7. The van der Waals surface area contributed by atoms with Gasteiger partial charge in [0.1, 0.15) is 0 Å². The Morgan fingerprint density at radius 1 is 1.42 bits per heavy atom. The lowest BCUT2D eigenvalue weighted by Crippen LogP contribution is -2.52. The third kappa shape index (κ3) is 3.23. The van der Waals surface area contributed by atoms with Gasteiger partial charge in [0.25, 0.3) is 0 Å². The third-order valence-corrected chi connectivity index (χ3v) is 5.61. The molecule has 2 aliphatic rings. The zero-order valence-electron chi connectivity index (χ0n) is 13.5. The molecule has 2 aromatic heterocycles. The minimum absolute atomic E-state index is 0.196. The van der Waals surface area contributed by atoms with Crippen molar-refractivity contribution in [3.05, 3.63) is 22.7 Å². The van der Waals surface area contributed by atoms with Crippen LogP contribution in [0, 0.1) is 5.92 Å². The molecule has 0 bridgehead atoms. The van der Waals surface area contributed by atoms with Gasteiger partial charge in [-0.2, -0.15) is 16.3 Å². The maximum atomic E-state index is 12.7. The number of ether oxygens (including phenoxy) is 1. The molecule has 0 spiro atoms. The second-order valence-corrected chi connectivity index (χ2v) is 7.22. The minimum Gasteiger partial charge on any atom is -0.381 e. The minimum atomic E-state index is 0.196. The van der Waals surface area contributed by atoms with Crippen LogP contribution in [0.1, 0.15) is 31.6 Å². The fourth-order valence-corrected chi connectivity index (χ4v) is 4.33. The van der Waals surface area contributed by atoms with E-state index in [0.717, 1.165) is 38.2 Å². The maximum Gasteiger partial charge on any atom is 0.227 e. The first-order valence-corrected chi connectivity index (χ1v) is 9.48. The van der Waals surface area contributed by atoms with Gasteiger partial charge >= 0.3 is 0 Å². The Morgan fingerprint density at radius 2 is 2.38 bits per heavy atom. The number of aromatic nitrogens is 2. The number of carbonyl (C=O) groups excluding carboxylic acids is 1. The summed E-state index contributed by atoms with van der Waals surface area (Å²) in [7, 11) is 0. The van der Waals surface area contributed by atoms with Crippen molar-refractivity contribution in [1.82, 2.24) is 15.0 Å². The van der Waals surface area contributed by atoms with Crippen LogP contribution in [0.25, 0.3) is 11.4 Å². The summed E-state index contributed by atoms with van der Waals surface area (Å²) in [6.07, 6.45) is 4.12. The van der Waals surface area contributed by atoms with Gasteiger partial charge in [0.15, 0.2) is 0 Å². The number of fused-ring (bicyclic) bond motifs is 1. The quantitative estimate of drug-likeness (QED) is 0.851. The molecule has 2 aliphatic heterocycles. The molecule has 4 rings (SSSR count). The number of rotatable bonds is 4. The van der Waals surface area contributed by atoms with E-state index in [0.29, 0.717) is 36.5 Å². The molecule has 24 heavy (non-hydrogen) atoms. The standard InChI is InChI=1S/C17H21N3O3S/c21-16(20-7-1-2-12-10-22-8-5-14(12)20)4-3-15-18-17(19-23-15)13-6-9-24-11-13/h6,9,11-12,14H,1-5,7-8,10H2. The first kappa shape index (κ1) is 15.8. The molecule has 6 nitrogen and oxygen atoms in total. The second-order valence-electron chi connectivity index (χ2n) is 6.44. The molecular weight excluding hydrogens is 326 g/mol. The van der Waals surface area contributed by atoms with E-state index in [2.05, 4.69) is 15.0 Å². The monoisotopic (exact) mass is 347 g/mol. The number of thiophene rings is 1. The summed E-state index contributed by atoms with van der Waals surface area (Å²) in [6.45, 7) is 2.42. The van der Waals surface area contributed by atoms with E-state index in [1.807, 2.05) is 16.8 Å². The molecule has 2 fully saturated rings. The van der Waals surface area contributed by atoms with Crippen LogP contribution in [-0.4, -0.2) is 46.7 Å². The van der Waals surface area contributed by atoms with Gasteiger partial charge in [0.05, 0.1) is 6.61 Å². The average molecular weight is 347 g/mol. The molecule has 2 aromatic rings. The van der Waals surface area contributed by atoms with E-state index >= 15 is 0 Å². The molecule has 7 heteroatoms. The van der Waals surface area contributed by atoms with Crippen molar-refractivity contribution in [3.8, 4) is 11.4 Å². The Hall–Kier alpha value is -1.73. The molecule has 2 saturated heterocycles. The average Bonchev–Trinajstić information content (AvgIpc) is 3.30. The highest BCUT2D eigenvalue weighted by molar-refractivity contribution is 7.08. The zero-order valence-corrected chi connectivity index (χ0v) is 14.3. The smallest absolute Gasteiger partial charge is 0.227 e. The molecule has 1 amide bonds. The van der Waals surface area contributed by atoms with Gasteiger partial charge in [-0.3, -0.25) is 4.79 Å². The molecule has 128 valence electrons. The van der Waals surface area contributed by atoms with Crippen molar-refractivity contribution in [1.29, 1.82) is 0 Å². The Labute approximate surface area is 144 Å². The molecule has 0 aromatic carbocycles. The molecule has 2 unspecified atom stereocenters. The molecule has 0 saturated carbocycles. The number of hydrogen-bond acceptors (Lipinski definition) is 6. The van der Waals surface area contributed by atoms with Crippen LogP contribution < -0.4 is 0 Å². The number of likely N-dealkylation sites (tertiary alicyclic amines) is 1. The number of hydrogen-bond donors (Lipinski definition) is 0. The molecule has 2 atom stereocenters. The summed E-state index contributed by atoms with van der Waals surface area (Å²) in [5, 5.41) is 7.96. The van der Waals surface area contributed by atoms with Crippen molar-refractivity contribution in [2.75, 3.05) is 19.8 Å². The summed E-state index contributed by atoms with van der Waals surface area (Å²) in [4.78, 5) is 19.1. The van der Waals surface area contributed by atoms with Crippen LogP contribution in [0.15, 0.2) is 21.3 Å². The van der Waals surface area contributed by atoms with Crippen molar-refractivity contribution < 1.29 is 14.1 Å². The Morgan fingerprint density at radius 3 is 3.25 bits per heavy atom. The van der Waals surface area contributed by atoms with Crippen LogP contribution in [0.2, 0.25) is 0 Å². The van der Waals surface area contributed by atoms with E-state index in [4.69, 9.17) is 9.26 Å².